The van der Waals surface area contributed by atoms with Crippen LogP contribution in [0.1, 0.15) is 32.8 Å². The Bertz CT molecular complexity index is 464. The van der Waals surface area contributed by atoms with Crippen molar-refractivity contribution in [3.05, 3.63) is 22.8 Å². The number of pyridine rings is 1. The van der Waals surface area contributed by atoms with Gasteiger partial charge in [0.25, 0.3) is 0 Å². The number of hydrogen-bond acceptors (Lipinski definition) is 4. The minimum absolute atomic E-state index is 0.433. The van der Waals surface area contributed by atoms with E-state index in [0.717, 1.165) is 49.0 Å². The van der Waals surface area contributed by atoms with Crippen LogP contribution in [0.2, 0.25) is 5.02 Å². The second-order valence-corrected chi connectivity index (χ2v) is 6.75. The summed E-state index contributed by atoms with van der Waals surface area (Å²) in [6.45, 7) is 10.5. The van der Waals surface area contributed by atoms with Crippen molar-refractivity contribution in [2.75, 3.05) is 31.6 Å². The summed E-state index contributed by atoms with van der Waals surface area (Å²) in [7, 11) is 2.18. The summed E-state index contributed by atoms with van der Waals surface area (Å²) in [5.41, 5.74) is 1.14. The van der Waals surface area contributed by atoms with Crippen molar-refractivity contribution < 1.29 is 0 Å². The lowest BCUT2D eigenvalue weighted by Crippen LogP contribution is -2.38. The lowest BCUT2D eigenvalue weighted by Gasteiger charge is -2.29. The van der Waals surface area contributed by atoms with Crippen molar-refractivity contribution in [3.8, 4) is 0 Å². The first-order valence-electron chi connectivity index (χ1n) is 7.80. The molecule has 0 amide bonds. The van der Waals surface area contributed by atoms with E-state index in [-0.39, 0.29) is 0 Å². The molecule has 1 fully saturated rings. The molecule has 1 aromatic heterocycles. The molecule has 0 spiro atoms. The Labute approximate surface area is 133 Å². The average Bonchev–Trinajstić information content (AvgIpc) is 2.57. The van der Waals surface area contributed by atoms with Crippen LogP contribution in [0.3, 0.4) is 0 Å². The summed E-state index contributed by atoms with van der Waals surface area (Å²) >= 11 is 6.49. The average molecular weight is 311 g/mol. The van der Waals surface area contributed by atoms with Gasteiger partial charge in [-0.25, -0.2) is 4.98 Å². The normalized spacial score (nSPS) is 20.9. The number of nitrogens with one attached hydrogen (secondary N) is 1. The van der Waals surface area contributed by atoms with Crippen LogP contribution in [0.5, 0.6) is 0 Å². The summed E-state index contributed by atoms with van der Waals surface area (Å²) in [5, 5.41) is 4.15. The van der Waals surface area contributed by atoms with E-state index in [1.165, 1.54) is 0 Å². The Hall–Kier alpha value is -0.840. The number of halogens is 1. The summed E-state index contributed by atoms with van der Waals surface area (Å²) in [6.07, 6.45) is 3.09. The molecule has 0 bridgehead atoms. The Balaban J connectivity index is 2.12. The second-order valence-electron chi connectivity index (χ2n) is 6.34. The van der Waals surface area contributed by atoms with Gasteiger partial charge in [-0.1, -0.05) is 25.4 Å². The molecule has 1 unspecified atom stereocenters. The van der Waals surface area contributed by atoms with Gasteiger partial charge >= 0.3 is 0 Å². The Morgan fingerprint density at radius 1 is 1.43 bits per heavy atom. The number of anilines is 1. The van der Waals surface area contributed by atoms with E-state index >= 15 is 0 Å². The van der Waals surface area contributed by atoms with E-state index in [1.807, 2.05) is 12.3 Å². The Morgan fingerprint density at radius 2 is 2.19 bits per heavy atom. The van der Waals surface area contributed by atoms with Gasteiger partial charge in [0, 0.05) is 37.9 Å². The lowest BCUT2D eigenvalue weighted by atomic mass is 10.2. The maximum Gasteiger partial charge on any atom is 0.147 e. The van der Waals surface area contributed by atoms with Crippen molar-refractivity contribution in [2.45, 2.75) is 45.8 Å². The lowest BCUT2D eigenvalue weighted by molar-refractivity contribution is 0.337. The van der Waals surface area contributed by atoms with Crippen LogP contribution in [0.4, 0.5) is 5.82 Å². The van der Waals surface area contributed by atoms with E-state index in [4.69, 9.17) is 11.6 Å². The number of nitrogens with zero attached hydrogens (tertiary/aromatic N) is 3. The van der Waals surface area contributed by atoms with Gasteiger partial charge in [-0.05, 0) is 38.6 Å². The van der Waals surface area contributed by atoms with Gasteiger partial charge in [-0.2, -0.15) is 0 Å². The molecule has 1 N–H and O–H groups in total. The van der Waals surface area contributed by atoms with Gasteiger partial charge in [-0.15, -0.1) is 0 Å². The van der Waals surface area contributed by atoms with Gasteiger partial charge in [0.15, 0.2) is 0 Å². The van der Waals surface area contributed by atoms with E-state index in [0.29, 0.717) is 12.1 Å². The first-order chi connectivity index (χ1) is 9.97. The highest BCUT2D eigenvalue weighted by Gasteiger charge is 2.22. The van der Waals surface area contributed by atoms with Crippen molar-refractivity contribution >= 4 is 17.4 Å². The van der Waals surface area contributed by atoms with Gasteiger partial charge in [0.05, 0.1) is 5.02 Å². The third-order valence-electron chi connectivity index (χ3n) is 3.91. The van der Waals surface area contributed by atoms with Gasteiger partial charge < -0.3 is 15.1 Å². The molecule has 1 aromatic rings. The quantitative estimate of drug-likeness (QED) is 0.926. The van der Waals surface area contributed by atoms with E-state index in [1.54, 1.807) is 0 Å². The van der Waals surface area contributed by atoms with Crippen LogP contribution in [-0.4, -0.2) is 48.6 Å². The second kappa shape index (κ2) is 7.43. The van der Waals surface area contributed by atoms with Gasteiger partial charge in [-0.3, -0.25) is 0 Å². The third kappa shape index (κ3) is 4.56. The summed E-state index contributed by atoms with van der Waals surface area (Å²) < 4.78 is 0. The van der Waals surface area contributed by atoms with E-state index in [9.17, 15) is 0 Å². The fourth-order valence-corrected chi connectivity index (χ4v) is 3.08. The SMILES string of the molecule is CC(C)NCc1cnc(N2CCCN(C)CC2C)c(Cl)c1. The van der Waals surface area contributed by atoms with Crippen LogP contribution in [0, 0.1) is 0 Å². The largest absolute Gasteiger partial charge is 0.351 e. The van der Waals surface area contributed by atoms with Crippen LogP contribution in [-0.2, 0) is 6.54 Å². The number of likely N-dealkylation sites (N-methyl/N-ethyl adjacent to an activating group) is 1. The molecular weight excluding hydrogens is 284 g/mol. The predicted octanol–water partition coefficient (Wildman–Crippen LogP) is 2.76. The van der Waals surface area contributed by atoms with Crippen molar-refractivity contribution in [2.24, 2.45) is 0 Å². The van der Waals surface area contributed by atoms with E-state index < -0.39 is 0 Å². The van der Waals surface area contributed by atoms with Gasteiger partial charge in [0.2, 0.25) is 0 Å². The smallest absolute Gasteiger partial charge is 0.147 e. The van der Waals surface area contributed by atoms with Crippen LogP contribution < -0.4 is 10.2 Å². The monoisotopic (exact) mass is 310 g/mol. The third-order valence-corrected chi connectivity index (χ3v) is 4.19. The van der Waals surface area contributed by atoms with Crippen molar-refractivity contribution in [3.63, 3.8) is 0 Å². The summed E-state index contributed by atoms with van der Waals surface area (Å²) in [5.74, 6) is 0.924. The number of hydrogen-bond donors (Lipinski definition) is 1. The molecule has 4 nitrogen and oxygen atoms in total. The zero-order chi connectivity index (χ0) is 15.4. The zero-order valence-electron chi connectivity index (χ0n) is 13.6. The minimum Gasteiger partial charge on any atom is -0.351 e. The van der Waals surface area contributed by atoms with Crippen molar-refractivity contribution in [1.82, 2.24) is 15.2 Å². The molecule has 2 rings (SSSR count). The molecule has 1 aliphatic heterocycles. The molecule has 1 saturated heterocycles. The number of rotatable bonds is 4. The molecule has 0 aromatic carbocycles. The fourth-order valence-electron chi connectivity index (χ4n) is 2.79. The highest BCUT2D eigenvalue weighted by molar-refractivity contribution is 6.33. The Kier molecular flexibility index (Phi) is 5.85. The molecule has 5 heteroatoms. The maximum atomic E-state index is 6.49. The van der Waals surface area contributed by atoms with E-state index in [2.05, 4.69) is 47.9 Å². The van der Waals surface area contributed by atoms with Crippen LogP contribution in [0.15, 0.2) is 12.3 Å². The summed E-state index contributed by atoms with van der Waals surface area (Å²) in [4.78, 5) is 9.35. The summed E-state index contributed by atoms with van der Waals surface area (Å²) in [6, 6.07) is 2.94. The molecule has 1 atom stereocenters. The first kappa shape index (κ1) is 16.5. The first-order valence-corrected chi connectivity index (χ1v) is 8.18. The molecule has 21 heavy (non-hydrogen) atoms. The van der Waals surface area contributed by atoms with Gasteiger partial charge in [0.1, 0.15) is 5.82 Å². The zero-order valence-corrected chi connectivity index (χ0v) is 14.3. The molecule has 1 aliphatic rings. The molecular formula is C16H27ClN4. The highest BCUT2D eigenvalue weighted by Crippen LogP contribution is 2.27. The van der Waals surface area contributed by atoms with Crippen molar-refractivity contribution in [1.29, 1.82) is 0 Å². The Morgan fingerprint density at radius 3 is 2.86 bits per heavy atom. The standard InChI is InChI=1S/C16H27ClN4/c1-12(2)18-9-14-8-15(17)16(19-10-14)21-7-5-6-20(4)11-13(21)3/h8,10,12-13,18H,5-7,9,11H2,1-4H3. The molecule has 0 aliphatic carbocycles. The minimum atomic E-state index is 0.433. The highest BCUT2D eigenvalue weighted by atomic mass is 35.5. The fraction of sp³-hybridized carbons (Fsp3) is 0.688. The molecule has 118 valence electrons. The number of aromatic nitrogens is 1. The topological polar surface area (TPSA) is 31.4 Å². The maximum absolute atomic E-state index is 6.49. The molecule has 0 saturated carbocycles. The predicted molar refractivity (Wildman–Crippen MR) is 90.1 cm³/mol. The van der Waals surface area contributed by atoms with Crippen LogP contribution >= 0.6 is 11.6 Å². The molecule has 0 radical (unpaired) electrons. The molecule has 2 heterocycles. The van der Waals surface area contributed by atoms with Crippen LogP contribution in [0.25, 0.3) is 0 Å².